The van der Waals surface area contributed by atoms with E-state index in [1.54, 1.807) is 7.05 Å². The predicted octanol–water partition coefficient (Wildman–Crippen LogP) is 1.37. The van der Waals surface area contributed by atoms with Crippen LogP contribution in [0.25, 0.3) is 0 Å². The van der Waals surface area contributed by atoms with Gasteiger partial charge in [-0.1, -0.05) is 13.8 Å². The van der Waals surface area contributed by atoms with E-state index >= 15 is 0 Å². The molecule has 0 aliphatic rings. The third kappa shape index (κ3) is 13.6. The van der Waals surface area contributed by atoms with Crippen molar-refractivity contribution >= 4 is 22.1 Å². The molecule has 166 valence electrons. The number of guanidine groups is 1. The lowest BCUT2D eigenvalue weighted by Gasteiger charge is -2.28. The summed E-state index contributed by atoms with van der Waals surface area (Å²) in [4.78, 5) is 18.3. The van der Waals surface area contributed by atoms with E-state index in [1.165, 1.54) is 0 Å². The fraction of sp³-hybridized carbons (Fsp3) is 0.889. The van der Waals surface area contributed by atoms with E-state index in [1.807, 2.05) is 32.7 Å². The zero-order valence-corrected chi connectivity index (χ0v) is 19.4. The Morgan fingerprint density at radius 3 is 2.29 bits per heavy atom. The number of rotatable bonds is 10. The van der Waals surface area contributed by atoms with E-state index in [0.717, 1.165) is 18.6 Å². The first-order chi connectivity index (χ1) is 12.7. The molecule has 28 heavy (non-hydrogen) atoms. The number of nitrogens with zero attached hydrogens (tertiary/aromatic N) is 2. The normalized spacial score (nSPS) is 14.0. The number of alkyl carbamates (subject to hydrolysis) is 1. The van der Waals surface area contributed by atoms with E-state index in [9.17, 15) is 13.2 Å². The molecule has 10 heteroatoms. The standard InChI is InChI=1S/C18H39N5O4S/c1-14(2)15(22-17(24)27-18(3,4)5)10-13-23(7)16(19-6)20-11-9-12-21-28(8,25)26/h14-15,21H,9-13H2,1-8H3,(H,19,20)(H,22,24). The summed E-state index contributed by atoms with van der Waals surface area (Å²) in [6.45, 7) is 11.3. The van der Waals surface area contributed by atoms with Crippen molar-refractivity contribution in [3.8, 4) is 0 Å². The molecule has 1 atom stereocenters. The van der Waals surface area contributed by atoms with Gasteiger partial charge in [0, 0.05) is 39.8 Å². The van der Waals surface area contributed by atoms with Crippen LogP contribution in [0, 0.1) is 5.92 Å². The van der Waals surface area contributed by atoms with Gasteiger partial charge in [-0.2, -0.15) is 0 Å². The van der Waals surface area contributed by atoms with Gasteiger partial charge >= 0.3 is 6.09 Å². The molecule has 0 bridgehead atoms. The van der Waals surface area contributed by atoms with Gasteiger partial charge in [0.25, 0.3) is 0 Å². The van der Waals surface area contributed by atoms with Crippen LogP contribution in [-0.4, -0.2) is 77.0 Å². The highest BCUT2D eigenvalue weighted by atomic mass is 32.2. The number of hydrogen-bond acceptors (Lipinski definition) is 5. The first kappa shape index (κ1) is 26.4. The van der Waals surface area contributed by atoms with Crippen molar-refractivity contribution in [2.75, 3.05) is 40.0 Å². The van der Waals surface area contributed by atoms with Crippen LogP contribution in [-0.2, 0) is 14.8 Å². The molecule has 0 aromatic heterocycles. The van der Waals surface area contributed by atoms with Crippen LogP contribution < -0.4 is 15.4 Å². The van der Waals surface area contributed by atoms with Crippen LogP contribution in [0.2, 0.25) is 0 Å². The van der Waals surface area contributed by atoms with Gasteiger partial charge in [0.15, 0.2) is 5.96 Å². The Kier molecular flexibility index (Phi) is 11.4. The summed E-state index contributed by atoms with van der Waals surface area (Å²) < 4.78 is 29.9. The maximum Gasteiger partial charge on any atom is 0.407 e. The van der Waals surface area contributed by atoms with Crippen molar-refractivity contribution in [3.05, 3.63) is 0 Å². The smallest absolute Gasteiger partial charge is 0.407 e. The number of carbonyl (C=O) groups excluding carboxylic acids is 1. The lowest BCUT2D eigenvalue weighted by Crippen LogP contribution is -2.45. The fourth-order valence-electron chi connectivity index (χ4n) is 2.40. The molecule has 3 N–H and O–H groups in total. The summed E-state index contributed by atoms with van der Waals surface area (Å²) in [6, 6.07) is -0.0191. The lowest BCUT2D eigenvalue weighted by molar-refractivity contribution is 0.0485. The van der Waals surface area contributed by atoms with Gasteiger partial charge < -0.3 is 20.3 Å². The number of ether oxygens (including phenoxy) is 1. The molecule has 0 heterocycles. The van der Waals surface area contributed by atoms with Crippen molar-refractivity contribution in [2.24, 2.45) is 10.9 Å². The number of sulfonamides is 1. The van der Waals surface area contributed by atoms with Crippen LogP contribution in [0.4, 0.5) is 4.79 Å². The number of aliphatic imine (C=N–C) groups is 1. The molecular weight excluding hydrogens is 382 g/mol. The maximum atomic E-state index is 12.0. The second kappa shape index (κ2) is 12.1. The Morgan fingerprint density at radius 1 is 1.21 bits per heavy atom. The first-order valence-corrected chi connectivity index (χ1v) is 11.5. The summed E-state index contributed by atoms with van der Waals surface area (Å²) in [7, 11) is 0.469. The third-order valence-electron chi connectivity index (χ3n) is 3.86. The zero-order valence-electron chi connectivity index (χ0n) is 18.6. The Bertz CT molecular complexity index is 600. The minimum absolute atomic E-state index is 0.0191. The first-order valence-electron chi connectivity index (χ1n) is 9.61. The second-order valence-corrected chi connectivity index (χ2v) is 10.0. The maximum absolute atomic E-state index is 12.0. The molecule has 0 aliphatic heterocycles. The van der Waals surface area contributed by atoms with Crippen LogP contribution in [0.5, 0.6) is 0 Å². The van der Waals surface area contributed by atoms with Crippen LogP contribution in [0.3, 0.4) is 0 Å². The van der Waals surface area contributed by atoms with E-state index in [4.69, 9.17) is 4.74 Å². The highest BCUT2D eigenvalue weighted by molar-refractivity contribution is 7.88. The highest BCUT2D eigenvalue weighted by Gasteiger charge is 2.22. The topological polar surface area (TPSA) is 112 Å². The Morgan fingerprint density at radius 2 is 1.82 bits per heavy atom. The van der Waals surface area contributed by atoms with Gasteiger partial charge in [-0.25, -0.2) is 17.9 Å². The monoisotopic (exact) mass is 421 g/mol. The zero-order chi connectivity index (χ0) is 22.0. The predicted molar refractivity (Wildman–Crippen MR) is 114 cm³/mol. The largest absolute Gasteiger partial charge is 0.444 e. The average Bonchev–Trinajstić information content (AvgIpc) is 2.51. The minimum atomic E-state index is -3.16. The molecule has 0 saturated carbocycles. The van der Waals surface area contributed by atoms with Crippen LogP contribution >= 0.6 is 0 Å². The van der Waals surface area contributed by atoms with Crippen molar-refractivity contribution in [1.29, 1.82) is 0 Å². The number of nitrogens with one attached hydrogen (secondary N) is 3. The van der Waals surface area contributed by atoms with Gasteiger partial charge in [-0.15, -0.1) is 0 Å². The molecule has 1 unspecified atom stereocenters. The molecule has 1 amide bonds. The average molecular weight is 422 g/mol. The van der Waals surface area contributed by atoms with E-state index in [0.29, 0.717) is 26.1 Å². The molecule has 9 nitrogen and oxygen atoms in total. The molecule has 0 rings (SSSR count). The van der Waals surface area contributed by atoms with Crippen molar-refractivity contribution in [2.45, 2.75) is 59.1 Å². The summed E-state index contributed by atoms with van der Waals surface area (Å²) >= 11 is 0. The molecule has 0 fully saturated rings. The van der Waals surface area contributed by atoms with Crippen LogP contribution in [0.1, 0.15) is 47.5 Å². The quantitative estimate of drug-likeness (QED) is 0.279. The molecule has 0 aliphatic carbocycles. The van der Waals surface area contributed by atoms with Gasteiger partial charge in [0.05, 0.1) is 6.26 Å². The van der Waals surface area contributed by atoms with E-state index in [2.05, 4.69) is 34.2 Å². The molecule has 0 spiro atoms. The fourth-order valence-corrected chi connectivity index (χ4v) is 2.92. The number of hydrogen-bond donors (Lipinski definition) is 3. The Labute approximate surface area is 170 Å². The summed E-state index contributed by atoms with van der Waals surface area (Å²) in [6.07, 6.45) is 2.12. The Balaban J connectivity index is 4.46. The third-order valence-corrected chi connectivity index (χ3v) is 4.59. The minimum Gasteiger partial charge on any atom is -0.444 e. The Hall–Kier alpha value is -1.55. The van der Waals surface area contributed by atoms with E-state index < -0.39 is 21.7 Å². The molecule has 0 aromatic rings. The summed E-state index contributed by atoms with van der Waals surface area (Å²) in [5, 5.41) is 6.16. The summed E-state index contributed by atoms with van der Waals surface area (Å²) in [5.74, 6) is 0.983. The lowest BCUT2D eigenvalue weighted by atomic mass is 10.0. The van der Waals surface area contributed by atoms with Crippen molar-refractivity contribution in [3.63, 3.8) is 0 Å². The molecule has 0 saturated heterocycles. The van der Waals surface area contributed by atoms with Gasteiger partial charge in [0.1, 0.15) is 5.60 Å². The molecule has 0 radical (unpaired) electrons. The van der Waals surface area contributed by atoms with Crippen molar-refractivity contribution in [1.82, 2.24) is 20.3 Å². The van der Waals surface area contributed by atoms with Crippen LogP contribution in [0.15, 0.2) is 4.99 Å². The molecular formula is C18H39N5O4S. The van der Waals surface area contributed by atoms with Gasteiger partial charge in [-0.3, -0.25) is 4.99 Å². The summed E-state index contributed by atoms with van der Waals surface area (Å²) in [5.41, 5.74) is -0.527. The SMILES string of the molecule is CN=C(NCCCNS(C)(=O)=O)N(C)CCC(NC(=O)OC(C)(C)C)C(C)C. The number of carbonyl (C=O) groups is 1. The van der Waals surface area contributed by atoms with Gasteiger partial charge in [0.2, 0.25) is 10.0 Å². The van der Waals surface area contributed by atoms with Gasteiger partial charge in [-0.05, 0) is 39.5 Å². The van der Waals surface area contributed by atoms with E-state index in [-0.39, 0.29) is 12.0 Å². The van der Waals surface area contributed by atoms with Crippen molar-refractivity contribution < 1.29 is 17.9 Å². The number of amides is 1. The highest BCUT2D eigenvalue weighted by Crippen LogP contribution is 2.11. The second-order valence-electron chi connectivity index (χ2n) is 8.20. The molecule has 0 aromatic carbocycles.